The Kier molecular flexibility index (Phi) is 3.70. The lowest BCUT2D eigenvalue weighted by Crippen LogP contribution is -2.26. The second-order valence-electron chi connectivity index (χ2n) is 3.83. The monoisotopic (exact) mass is 285 g/mol. The van der Waals surface area contributed by atoms with Crippen molar-refractivity contribution in [2.75, 3.05) is 7.05 Å². The molecule has 0 unspecified atom stereocenters. The van der Waals surface area contributed by atoms with Crippen LogP contribution in [0.3, 0.4) is 0 Å². The van der Waals surface area contributed by atoms with E-state index in [2.05, 4.69) is 10.2 Å². The summed E-state index contributed by atoms with van der Waals surface area (Å²) >= 11 is 5.80. The Morgan fingerprint density at radius 1 is 1.44 bits per heavy atom. The van der Waals surface area contributed by atoms with Crippen LogP contribution < -0.4 is 0 Å². The van der Waals surface area contributed by atoms with Crippen LogP contribution in [0.25, 0.3) is 0 Å². The maximum Gasteiger partial charge on any atom is 0.243 e. The normalized spacial score (nSPS) is 11.9. The molecule has 0 bridgehead atoms. The zero-order valence-electron chi connectivity index (χ0n) is 9.67. The standard InChI is InChI=1S/C11H12ClN3O2S/c1-15(8-9-6-13-14-7-9)18(16,17)11-4-2-3-10(12)5-11/h2-7H,8H2,1H3,(H,13,14). The predicted molar refractivity (Wildman–Crippen MR) is 68.7 cm³/mol. The number of sulfonamides is 1. The van der Waals surface area contributed by atoms with Gasteiger partial charge in [0.2, 0.25) is 10.0 Å². The first kappa shape index (κ1) is 13.1. The van der Waals surface area contributed by atoms with Crippen LogP contribution in [0.15, 0.2) is 41.6 Å². The first-order valence-electron chi connectivity index (χ1n) is 5.20. The van der Waals surface area contributed by atoms with Crippen LogP contribution in [0.2, 0.25) is 5.02 Å². The van der Waals surface area contributed by atoms with Crippen LogP contribution in [0.4, 0.5) is 0 Å². The van der Waals surface area contributed by atoms with E-state index in [-0.39, 0.29) is 11.4 Å². The molecule has 0 spiro atoms. The van der Waals surface area contributed by atoms with E-state index in [0.717, 1.165) is 5.56 Å². The third kappa shape index (κ3) is 2.72. The molecule has 0 aliphatic rings. The number of rotatable bonds is 4. The molecule has 96 valence electrons. The molecule has 2 aromatic rings. The lowest BCUT2D eigenvalue weighted by Gasteiger charge is -2.16. The second-order valence-corrected chi connectivity index (χ2v) is 6.31. The predicted octanol–water partition coefficient (Wildman–Crippen LogP) is 1.88. The summed E-state index contributed by atoms with van der Waals surface area (Å²) in [4.78, 5) is 0.181. The Balaban J connectivity index is 2.25. The molecule has 0 saturated carbocycles. The van der Waals surface area contributed by atoms with E-state index in [1.807, 2.05) is 0 Å². The largest absolute Gasteiger partial charge is 0.285 e. The summed E-state index contributed by atoms with van der Waals surface area (Å²) in [5.74, 6) is 0. The molecule has 0 fully saturated rings. The molecule has 1 aromatic carbocycles. The van der Waals surface area contributed by atoms with Crippen molar-refractivity contribution >= 4 is 21.6 Å². The zero-order chi connectivity index (χ0) is 13.2. The lowest BCUT2D eigenvalue weighted by molar-refractivity contribution is 0.467. The third-order valence-corrected chi connectivity index (χ3v) is 4.50. The molecular weight excluding hydrogens is 274 g/mol. The molecule has 0 aliphatic carbocycles. The van der Waals surface area contributed by atoms with E-state index in [9.17, 15) is 8.42 Å². The summed E-state index contributed by atoms with van der Waals surface area (Å²) in [6.07, 6.45) is 3.24. The van der Waals surface area contributed by atoms with Crippen LogP contribution in [0.5, 0.6) is 0 Å². The molecule has 2 rings (SSSR count). The SMILES string of the molecule is CN(Cc1cn[nH]c1)S(=O)(=O)c1cccc(Cl)c1. The summed E-state index contributed by atoms with van der Waals surface area (Å²) < 4.78 is 25.7. The van der Waals surface area contributed by atoms with E-state index in [1.165, 1.54) is 23.5 Å². The summed E-state index contributed by atoms with van der Waals surface area (Å²) in [5.41, 5.74) is 0.795. The highest BCUT2D eigenvalue weighted by Gasteiger charge is 2.21. The maximum atomic E-state index is 12.2. The fourth-order valence-corrected chi connectivity index (χ4v) is 2.97. The van der Waals surface area contributed by atoms with Crippen molar-refractivity contribution < 1.29 is 8.42 Å². The lowest BCUT2D eigenvalue weighted by atomic mass is 10.4. The quantitative estimate of drug-likeness (QED) is 0.933. The molecule has 0 radical (unpaired) electrons. The Morgan fingerprint density at radius 3 is 2.83 bits per heavy atom. The number of benzene rings is 1. The van der Waals surface area contributed by atoms with Gasteiger partial charge in [0.15, 0.2) is 0 Å². The van der Waals surface area contributed by atoms with Crippen LogP contribution in [0, 0.1) is 0 Å². The Morgan fingerprint density at radius 2 is 2.22 bits per heavy atom. The molecular formula is C11H12ClN3O2S. The molecule has 18 heavy (non-hydrogen) atoms. The molecule has 1 N–H and O–H groups in total. The third-order valence-electron chi connectivity index (χ3n) is 2.46. The van der Waals surface area contributed by atoms with E-state index < -0.39 is 10.0 Å². The van der Waals surface area contributed by atoms with Gasteiger partial charge in [0.1, 0.15) is 0 Å². The molecule has 1 heterocycles. The van der Waals surface area contributed by atoms with Crippen molar-refractivity contribution in [1.29, 1.82) is 0 Å². The van der Waals surface area contributed by atoms with Crippen molar-refractivity contribution in [3.63, 3.8) is 0 Å². The highest BCUT2D eigenvalue weighted by atomic mass is 35.5. The molecule has 5 nitrogen and oxygen atoms in total. The number of aromatic amines is 1. The average molecular weight is 286 g/mol. The summed E-state index contributed by atoms with van der Waals surface area (Å²) in [5, 5.41) is 6.82. The molecule has 0 saturated heterocycles. The van der Waals surface area contributed by atoms with Gasteiger partial charge < -0.3 is 0 Å². The van der Waals surface area contributed by atoms with Gasteiger partial charge in [-0.1, -0.05) is 17.7 Å². The molecule has 7 heteroatoms. The fourth-order valence-electron chi connectivity index (χ4n) is 1.51. The summed E-state index contributed by atoms with van der Waals surface area (Å²) in [7, 11) is -2.01. The summed E-state index contributed by atoms with van der Waals surface area (Å²) in [6.45, 7) is 0.255. The number of halogens is 1. The van der Waals surface area contributed by atoms with Crippen LogP contribution >= 0.6 is 11.6 Å². The van der Waals surface area contributed by atoms with Gasteiger partial charge in [-0.2, -0.15) is 9.40 Å². The van der Waals surface area contributed by atoms with Gasteiger partial charge in [-0.05, 0) is 18.2 Å². The fraction of sp³-hybridized carbons (Fsp3) is 0.182. The molecule has 0 amide bonds. The Labute approximate surface area is 110 Å². The smallest absolute Gasteiger partial charge is 0.243 e. The molecule has 0 atom stereocenters. The number of aromatic nitrogens is 2. The summed E-state index contributed by atoms with van der Waals surface area (Å²) in [6, 6.07) is 6.20. The van der Waals surface area contributed by atoms with E-state index in [0.29, 0.717) is 5.02 Å². The number of hydrogen-bond donors (Lipinski definition) is 1. The van der Waals surface area contributed by atoms with Crippen molar-refractivity contribution in [3.8, 4) is 0 Å². The first-order valence-corrected chi connectivity index (χ1v) is 7.01. The van der Waals surface area contributed by atoms with Gasteiger partial charge >= 0.3 is 0 Å². The van der Waals surface area contributed by atoms with Gasteiger partial charge in [0.25, 0.3) is 0 Å². The highest BCUT2D eigenvalue weighted by Crippen LogP contribution is 2.19. The van der Waals surface area contributed by atoms with Gasteiger partial charge in [-0.15, -0.1) is 0 Å². The van der Waals surface area contributed by atoms with Crippen LogP contribution in [0.1, 0.15) is 5.56 Å². The zero-order valence-corrected chi connectivity index (χ0v) is 11.2. The number of hydrogen-bond acceptors (Lipinski definition) is 3. The topological polar surface area (TPSA) is 66.1 Å². The van der Waals surface area contributed by atoms with Crippen LogP contribution in [-0.2, 0) is 16.6 Å². The molecule has 0 aliphatic heterocycles. The molecule has 1 aromatic heterocycles. The Hall–Kier alpha value is -1.37. The van der Waals surface area contributed by atoms with Crippen molar-refractivity contribution in [2.45, 2.75) is 11.4 Å². The Bertz CT molecular complexity index is 625. The average Bonchev–Trinajstić information content (AvgIpc) is 2.81. The minimum absolute atomic E-state index is 0.181. The van der Waals surface area contributed by atoms with Crippen LogP contribution in [-0.4, -0.2) is 30.0 Å². The van der Waals surface area contributed by atoms with Crippen molar-refractivity contribution in [3.05, 3.63) is 47.2 Å². The van der Waals surface area contributed by atoms with E-state index >= 15 is 0 Å². The van der Waals surface area contributed by atoms with Crippen molar-refractivity contribution in [1.82, 2.24) is 14.5 Å². The van der Waals surface area contributed by atoms with Gasteiger partial charge in [-0.25, -0.2) is 8.42 Å². The first-order chi connectivity index (χ1) is 8.50. The number of nitrogens with one attached hydrogen (secondary N) is 1. The number of nitrogens with zero attached hydrogens (tertiary/aromatic N) is 2. The number of H-pyrrole nitrogens is 1. The van der Waals surface area contributed by atoms with Gasteiger partial charge in [0, 0.05) is 30.4 Å². The van der Waals surface area contributed by atoms with E-state index in [1.54, 1.807) is 24.5 Å². The van der Waals surface area contributed by atoms with Crippen molar-refractivity contribution in [2.24, 2.45) is 0 Å². The minimum atomic E-state index is -3.53. The maximum absolute atomic E-state index is 12.2. The van der Waals surface area contributed by atoms with Gasteiger partial charge in [-0.3, -0.25) is 5.10 Å². The highest BCUT2D eigenvalue weighted by molar-refractivity contribution is 7.89. The van der Waals surface area contributed by atoms with E-state index in [4.69, 9.17) is 11.6 Å². The second kappa shape index (κ2) is 5.09. The minimum Gasteiger partial charge on any atom is -0.285 e. The van der Waals surface area contributed by atoms with Gasteiger partial charge in [0.05, 0.1) is 11.1 Å².